The van der Waals surface area contributed by atoms with E-state index in [1.807, 2.05) is 23.8 Å². The van der Waals surface area contributed by atoms with Gasteiger partial charge in [-0.1, -0.05) is 17.7 Å². The summed E-state index contributed by atoms with van der Waals surface area (Å²) in [6.07, 6.45) is 0. The molecule has 2 aromatic rings. The second-order valence-electron chi connectivity index (χ2n) is 3.55. The third kappa shape index (κ3) is 2.54. The molecule has 0 spiro atoms. The number of hydrogen-bond acceptors (Lipinski definition) is 2. The van der Waals surface area contributed by atoms with Crippen LogP contribution in [0, 0.1) is 5.82 Å². The highest BCUT2D eigenvalue weighted by molar-refractivity contribution is 7.08. The second kappa shape index (κ2) is 4.85. The summed E-state index contributed by atoms with van der Waals surface area (Å²) < 4.78 is 13.0. The molecule has 1 atom stereocenters. The van der Waals surface area contributed by atoms with E-state index in [-0.39, 0.29) is 16.9 Å². The van der Waals surface area contributed by atoms with Crippen molar-refractivity contribution in [2.24, 2.45) is 0 Å². The van der Waals surface area contributed by atoms with Crippen molar-refractivity contribution >= 4 is 28.6 Å². The minimum atomic E-state index is -0.381. The molecule has 0 aliphatic heterocycles. The lowest BCUT2D eigenvalue weighted by Gasteiger charge is -2.14. The molecule has 84 valence electrons. The average Bonchev–Trinajstić information content (AvgIpc) is 2.74. The number of nitrogens with one attached hydrogen (secondary N) is 1. The standard InChI is InChI=1S/C12H11ClFNS/c1-8(15-10-4-5-16-7-10)9-2-3-12(14)11(13)6-9/h2-8,15H,1H3. The van der Waals surface area contributed by atoms with Gasteiger partial charge in [0.15, 0.2) is 0 Å². The zero-order chi connectivity index (χ0) is 11.5. The highest BCUT2D eigenvalue weighted by Gasteiger charge is 2.08. The lowest BCUT2D eigenvalue weighted by molar-refractivity contribution is 0.627. The van der Waals surface area contributed by atoms with Crippen LogP contribution in [0.25, 0.3) is 0 Å². The highest BCUT2D eigenvalue weighted by atomic mass is 35.5. The first-order valence-electron chi connectivity index (χ1n) is 4.90. The van der Waals surface area contributed by atoms with Gasteiger partial charge in [-0.3, -0.25) is 0 Å². The molecule has 16 heavy (non-hydrogen) atoms. The van der Waals surface area contributed by atoms with Crippen LogP contribution in [0.1, 0.15) is 18.5 Å². The molecule has 1 aromatic heterocycles. The maximum absolute atomic E-state index is 13.0. The highest BCUT2D eigenvalue weighted by Crippen LogP contribution is 2.24. The first-order valence-corrected chi connectivity index (χ1v) is 6.22. The van der Waals surface area contributed by atoms with E-state index in [1.54, 1.807) is 23.5 Å². The van der Waals surface area contributed by atoms with Crippen molar-refractivity contribution in [1.29, 1.82) is 0 Å². The summed E-state index contributed by atoms with van der Waals surface area (Å²) in [5.74, 6) is -0.381. The zero-order valence-electron chi connectivity index (χ0n) is 8.71. The molecule has 2 rings (SSSR count). The molecule has 1 N–H and O–H groups in total. The van der Waals surface area contributed by atoms with Crippen molar-refractivity contribution in [3.63, 3.8) is 0 Å². The summed E-state index contributed by atoms with van der Waals surface area (Å²) in [6, 6.07) is 6.90. The van der Waals surface area contributed by atoms with E-state index in [2.05, 4.69) is 5.32 Å². The van der Waals surface area contributed by atoms with Crippen molar-refractivity contribution < 1.29 is 4.39 Å². The molecule has 1 unspecified atom stereocenters. The van der Waals surface area contributed by atoms with Gasteiger partial charge in [0.2, 0.25) is 0 Å². The summed E-state index contributed by atoms with van der Waals surface area (Å²) in [6.45, 7) is 2.02. The summed E-state index contributed by atoms with van der Waals surface area (Å²) >= 11 is 7.37. The van der Waals surface area contributed by atoms with Crippen LogP contribution in [0.2, 0.25) is 5.02 Å². The number of thiophene rings is 1. The van der Waals surface area contributed by atoms with E-state index >= 15 is 0 Å². The normalized spacial score (nSPS) is 12.4. The van der Waals surface area contributed by atoms with Crippen LogP contribution in [0.3, 0.4) is 0 Å². The number of anilines is 1. The van der Waals surface area contributed by atoms with Crippen LogP contribution in [0.4, 0.5) is 10.1 Å². The van der Waals surface area contributed by atoms with Crippen LogP contribution < -0.4 is 5.32 Å². The van der Waals surface area contributed by atoms with Crippen LogP contribution in [0.15, 0.2) is 35.0 Å². The van der Waals surface area contributed by atoms with Crippen molar-refractivity contribution in [3.8, 4) is 0 Å². The molecule has 0 bridgehead atoms. The molecule has 0 amide bonds. The Balaban J connectivity index is 2.14. The predicted molar refractivity (Wildman–Crippen MR) is 67.8 cm³/mol. The molecular weight excluding hydrogens is 245 g/mol. The van der Waals surface area contributed by atoms with Gasteiger partial charge in [-0.05, 0) is 36.1 Å². The Hall–Kier alpha value is -1.06. The molecule has 0 aliphatic rings. The smallest absolute Gasteiger partial charge is 0.141 e. The van der Waals surface area contributed by atoms with E-state index in [1.165, 1.54) is 6.07 Å². The number of benzene rings is 1. The number of halogens is 2. The molecule has 0 aliphatic carbocycles. The Labute approximate surface area is 103 Å². The third-order valence-corrected chi connectivity index (χ3v) is 3.32. The fourth-order valence-corrected chi connectivity index (χ4v) is 2.25. The Morgan fingerprint density at radius 1 is 1.38 bits per heavy atom. The van der Waals surface area contributed by atoms with Gasteiger partial charge in [0, 0.05) is 17.1 Å². The maximum Gasteiger partial charge on any atom is 0.141 e. The molecule has 1 heterocycles. The van der Waals surface area contributed by atoms with E-state index in [9.17, 15) is 4.39 Å². The molecule has 0 radical (unpaired) electrons. The Morgan fingerprint density at radius 3 is 2.81 bits per heavy atom. The fraction of sp³-hybridized carbons (Fsp3) is 0.167. The van der Waals surface area contributed by atoms with Crippen LogP contribution >= 0.6 is 22.9 Å². The van der Waals surface area contributed by atoms with Gasteiger partial charge in [0.25, 0.3) is 0 Å². The van der Waals surface area contributed by atoms with Gasteiger partial charge in [-0.15, -0.1) is 0 Å². The summed E-state index contributed by atoms with van der Waals surface area (Å²) in [4.78, 5) is 0. The lowest BCUT2D eigenvalue weighted by Crippen LogP contribution is -2.05. The van der Waals surface area contributed by atoms with Crippen LogP contribution in [0.5, 0.6) is 0 Å². The number of hydrogen-bond donors (Lipinski definition) is 1. The lowest BCUT2D eigenvalue weighted by atomic mass is 10.1. The fourth-order valence-electron chi connectivity index (χ4n) is 1.46. The topological polar surface area (TPSA) is 12.0 Å². The molecular formula is C12H11ClFNS. The van der Waals surface area contributed by atoms with E-state index in [4.69, 9.17) is 11.6 Å². The number of rotatable bonds is 3. The Morgan fingerprint density at radius 2 is 2.19 bits per heavy atom. The quantitative estimate of drug-likeness (QED) is 0.837. The van der Waals surface area contributed by atoms with Gasteiger partial charge in [-0.2, -0.15) is 11.3 Å². The van der Waals surface area contributed by atoms with Crippen molar-refractivity contribution in [3.05, 3.63) is 51.4 Å². The van der Waals surface area contributed by atoms with Crippen LogP contribution in [-0.4, -0.2) is 0 Å². The molecule has 1 aromatic carbocycles. The van der Waals surface area contributed by atoms with E-state index in [0.717, 1.165) is 11.3 Å². The largest absolute Gasteiger partial charge is 0.378 e. The minimum absolute atomic E-state index is 0.104. The third-order valence-electron chi connectivity index (χ3n) is 2.35. The van der Waals surface area contributed by atoms with Gasteiger partial charge in [0.05, 0.1) is 5.02 Å². The van der Waals surface area contributed by atoms with Crippen molar-refractivity contribution in [1.82, 2.24) is 0 Å². The summed E-state index contributed by atoms with van der Waals surface area (Å²) in [5.41, 5.74) is 2.04. The summed E-state index contributed by atoms with van der Waals surface area (Å²) in [7, 11) is 0. The maximum atomic E-state index is 13.0. The summed E-state index contributed by atoms with van der Waals surface area (Å²) in [5, 5.41) is 7.51. The molecule has 0 saturated heterocycles. The molecule has 1 nitrogen and oxygen atoms in total. The van der Waals surface area contributed by atoms with Crippen molar-refractivity contribution in [2.45, 2.75) is 13.0 Å². The van der Waals surface area contributed by atoms with E-state index < -0.39 is 0 Å². The second-order valence-corrected chi connectivity index (χ2v) is 4.74. The average molecular weight is 256 g/mol. The van der Waals surface area contributed by atoms with Gasteiger partial charge < -0.3 is 5.32 Å². The van der Waals surface area contributed by atoms with Crippen molar-refractivity contribution in [2.75, 3.05) is 5.32 Å². The predicted octanol–water partition coefficient (Wildman–Crippen LogP) is 4.71. The first-order chi connectivity index (χ1) is 7.66. The van der Waals surface area contributed by atoms with Gasteiger partial charge in [-0.25, -0.2) is 4.39 Å². The first kappa shape index (κ1) is 11.4. The monoisotopic (exact) mass is 255 g/mol. The van der Waals surface area contributed by atoms with Gasteiger partial charge in [0.1, 0.15) is 5.82 Å². The molecule has 0 fully saturated rings. The minimum Gasteiger partial charge on any atom is -0.378 e. The Kier molecular flexibility index (Phi) is 3.46. The molecule has 0 saturated carbocycles. The van der Waals surface area contributed by atoms with E-state index in [0.29, 0.717) is 0 Å². The SMILES string of the molecule is CC(Nc1ccsc1)c1ccc(F)c(Cl)c1. The zero-order valence-corrected chi connectivity index (χ0v) is 10.3. The van der Waals surface area contributed by atoms with Crippen LogP contribution in [-0.2, 0) is 0 Å². The van der Waals surface area contributed by atoms with Gasteiger partial charge >= 0.3 is 0 Å². The molecule has 4 heteroatoms. The Bertz CT molecular complexity index is 470.